The predicted molar refractivity (Wildman–Crippen MR) is 66.3 cm³/mol. The number of piperidine rings is 1. The summed E-state index contributed by atoms with van der Waals surface area (Å²) < 4.78 is 5.68. The highest BCUT2D eigenvalue weighted by Gasteiger charge is 2.13. The molecule has 1 amide bonds. The molecular formula is C11H17N3O2S. The third-order valence-electron chi connectivity index (χ3n) is 2.69. The summed E-state index contributed by atoms with van der Waals surface area (Å²) in [7, 11) is 0. The van der Waals surface area contributed by atoms with Crippen molar-refractivity contribution < 1.29 is 9.53 Å². The van der Waals surface area contributed by atoms with Crippen LogP contribution in [0.5, 0.6) is 0 Å². The molecule has 1 aromatic rings. The highest BCUT2D eigenvalue weighted by atomic mass is 32.1. The molecule has 1 aliphatic heterocycles. The number of rotatable bonds is 5. The van der Waals surface area contributed by atoms with Crippen molar-refractivity contribution in [3.63, 3.8) is 0 Å². The summed E-state index contributed by atoms with van der Waals surface area (Å²) in [5.41, 5.74) is 2.14. The summed E-state index contributed by atoms with van der Waals surface area (Å²) in [6, 6.07) is 0. The number of thiazole rings is 1. The normalized spacial score (nSPS) is 16.9. The molecule has 1 fully saturated rings. The van der Waals surface area contributed by atoms with Gasteiger partial charge in [0.25, 0.3) is 5.91 Å². The highest BCUT2D eigenvalue weighted by Crippen LogP contribution is 2.06. The van der Waals surface area contributed by atoms with Crippen molar-refractivity contribution in [1.29, 1.82) is 0 Å². The number of hydrogen-bond acceptors (Lipinski definition) is 5. The van der Waals surface area contributed by atoms with E-state index in [1.54, 1.807) is 10.9 Å². The summed E-state index contributed by atoms with van der Waals surface area (Å²) in [6.07, 6.45) is 2.45. The number of ether oxygens (including phenoxy) is 1. The lowest BCUT2D eigenvalue weighted by Gasteiger charge is -2.22. The van der Waals surface area contributed by atoms with Gasteiger partial charge in [0.05, 0.1) is 18.2 Å². The lowest BCUT2D eigenvalue weighted by atomic mass is 10.1. The summed E-state index contributed by atoms with van der Waals surface area (Å²) >= 11 is 1.42. The van der Waals surface area contributed by atoms with Crippen LogP contribution in [0, 0.1) is 0 Å². The molecule has 0 aliphatic carbocycles. The highest BCUT2D eigenvalue weighted by molar-refractivity contribution is 7.07. The molecule has 5 nitrogen and oxygen atoms in total. The van der Waals surface area contributed by atoms with Gasteiger partial charge in [0.15, 0.2) is 0 Å². The monoisotopic (exact) mass is 255 g/mol. The van der Waals surface area contributed by atoms with Gasteiger partial charge in [-0.05, 0) is 25.9 Å². The Hall–Kier alpha value is -0.980. The average Bonchev–Trinajstić information content (AvgIpc) is 2.89. The number of hydrogen-bond donors (Lipinski definition) is 2. The first kappa shape index (κ1) is 12.5. The van der Waals surface area contributed by atoms with Gasteiger partial charge in [-0.3, -0.25) is 4.79 Å². The third-order valence-corrected chi connectivity index (χ3v) is 3.28. The van der Waals surface area contributed by atoms with Crippen LogP contribution in [0.3, 0.4) is 0 Å². The minimum Gasteiger partial charge on any atom is -0.376 e. The second kappa shape index (κ2) is 6.68. The molecular weight excluding hydrogens is 238 g/mol. The van der Waals surface area contributed by atoms with Crippen LogP contribution < -0.4 is 10.6 Å². The first-order valence-corrected chi connectivity index (χ1v) is 6.79. The van der Waals surface area contributed by atoms with E-state index < -0.39 is 0 Å². The Bertz CT molecular complexity index is 336. The fourth-order valence-corrected chi connectivity index (χ4v) is 2.30. The fraction of sp³-hybridized carbons (Fsp3) is 0.636. The van der Waals surface area contributed by atoms with Crippen LogP contribution in [-0.4, -0.2) is 43.2 Å². The number of nitrogens with one attached hydrogen (secondary N) is 2. The molecule has 0 spiro atoms. The van der Waals surface area contributed by atoms with E-state index in [2.05, 4.69) is 15.6 Å². The summed E-state index contributed by atoms with van der Waals surface area (Å²) in [4.78, 5) is 15.5. The molecule has 0 bridgehead atoms. The zero-order valence-electron chi connectivity index (χ0n) is 9.65. The van der Waals surface area contributed by atoms with E-state index in [0.717, 1.165) is 25.9 Å². The van der Waals surface area contributed by atoms with E-state index in [1.165, 1.54) is 11.3 Å². The van der Waals surface area contributed by atoms with Gasteiger partial charge in [0.1, 0.15) is 5.69 Å². The van der Waals surface area contributed by atoms with Crippen molar-refractivity contribution in [2.75, 3.05) is 26.2 Å². The van der Waals surface area contributed by atoms with Crippen LogP contribution in [0.1, 0.15) is 23.3 Å². The molecule has 0 aromatic carbocycles. The van der Waals surface area contributed by atoms with E-state index in [4.69, 9.17) is 4.74 Å². The standard InChI is InChI=1S/C11H17N3O2S/c15-11(10-7-17-8-14-10)13-5-6-16-9-1-3-12-4-2-9/h7-9,12H,1-6H2,(H,13,15). The van der Waals surface area contributed by atoms with Gasteiger partial charge < -0.3 is 15.4 Å². The summed E-state index contributed by atoms with van der Waals surface area (Å²) in [5.74, 6) is -0.125. The van der Waals surface area contributed by atoms with Gasteiger partial charge in [-0.15, -0.1) is 11.3 Å². The van der Waals surface area contributed by atoms with Crippen molar-refractivity contribution in [3.05, 3.63) is 16.6 Å². The summed E-state index contributed by atoms with van der Waals surface area (Å²) in [6.45, 7) is 3.16. The average molecular weight is 255 g/mol. The number of amides is 1. The number of carbonyl (C=O) groups is 1. The Labute approximate surface area is 105 Å². The molecule has 0 radical (unpaired) electrons. The molecule has 1 saturated heterocycles. The molecule has 0 unspecified atom stereocenters. The van der Waals surface area contributed by atoms with Gasteiger partial charge in [-0.1, -0.05) is 0 Å². The molecule has 94 valence electrons. The van der Waals surface area contributed by atoms with E-state index in [0.29, 0.717) is 24.9 Å². The Kier molecular flexibility index (Phi) is 4.90. The van der Waals surface area contributed by atoms with Crippen LogP contribution in [0.15, 0.2) is 10.9 Å². The maximum absolute atomic E-state index is 11.5. The second-order valence-corrected chi connectivity index (χ2v) is 4.67. The van der Waals surface area contributed by atoms with Crippen molar-refractivity contribution in [1.82, 2.24) is 15.6 Å². The minimum atomic E-state index is -0.125. The van der Waals surface area contributed by atoms with Crippen LogP contribution in [0.4, 0.5) is 0 Å². The number of aromatic nitrogens is 1. The van der Waals surface area contributed by atoms with Crippen LogP contribution >= 0.6 is 11.3 Å². The maximum atomic E-state index is 11.5. The Morgan fingerprint density at radius 2 is 2.41 bits per heavy atom. The predicted octanol–water partition coefficient (Wildman–Crippen LogP) is 0.641. The number of nitrogens with zero attached hydrogens (tertiary/aromatic N) is 1. The smallest absolute Gasteiger partial charge is 0.270 e. The van der Waals surface area contributed by atoms with Crippen molar-refractivity contribution in [2.24, 2.45) is 0 Å². The van der Waals surface area contributed by atoms with E-state index in [-0.39, 0.29) is 5.91 Å². The van der Waals surface area contributed by atoms with Gasteiger partial charge in [-0.25, -0.2) is 4.98 Å². The van der Waals surface area contributed by atoms with E-state index in [9.17, 15) is 4.79 Å². The quantitative estimate of drug-likeness (QED) is 0.758. The third kappa shape index (κ3) is 4.07. The molecule has 17 heavy (non-hydrogen) atoms. The Balaban J connectivity index is 1.58. The molecule has 2 rings (SSSR count). The first-order chi connectivity index (χ1) is 8.36. The number of carbonyl (C=O) groups excluding carboxylic acids is 1. The maximum Gasteiger partial charge on any atom is 0.270 e. The molecule has 0 saturated carbocycles. The molecule has 1 aromatic heterocycles. The lowest BCUT2D eigenvalue weighted by Crippen LogP contribution is -2.34. The molecule has 1 aliphatic rings. The Morgan fingerprint density at radius 1 is 1.59 bits per heavy atom. The largest absolute Gasteiger partial charge is 0.376 e. The zero-order chi connectivity index (χ0) is 11.9. The topological polar surface area (TPSA) is 63.2 Å². The van der Waals surface area contributed by atoms with Crippen molar-refractivity contribution in [2.45, 2.75) is 18.9 Å². The minimum absolute atomic E-state index is 0.125. The van der Waals surface area contributed by atoms with Gasteiger partial charge in [-0.2, -0.15) is 0 Å². The first-order valence-electron chi connectivity index (χ1n) is 5.85. The SMILES string of the molecule is O=C(NCCOC1CCNCC1)c1cscn1. The molecule has 6 heteroatoms. The van der Waals surface area contributed by atoms with E-state index in [1.807, 2.05) is 0 Å². The zero-order valence-corrected chi connectivity index (χ0v) is 10.5. The van der Waals surface area contributed by atoms with Crippen molar-refractivity contribution >= 4 is 17.2 Å². The summed E-state index contributed by atoms with van der Waals surface area (Å²) in [5, 5.41) is 7.81. The van der Waals surface area contributed by atoms with Crippen LogP contribution in [-0.2, 0) is 4.74 Å². The van der Waals surface area contributed by atoms with Crippen LogP contribution in [0.25, 0.3) is 0 Å². The Morgan fingerprint density at radius 3 is 3.12 bits per heavy atom. The second-order valence-electron chi connectivity index (χ2n) is 3.95. The van der Waals surface area contributed by atoms with Crippen molar-refractivity contribution in [3.8, 4) is 0 Å². The van der Waals surface area contributed by atoms with Gasteiger partial charge in [0, 0.05) is 11.9 Å². The molecule has 0 atom stereocenters. The fourth-order valence-electron chi connectivity index (χ4n) is 1.77. The van der Waals surface area contributed by atoms with Gasteiger partial charge in [0.2, 0.25) is 0 Å². The molecule has 2 N–H and O–H groups in total. The van der Waals surface area contributed by atoms with E-state index >= 15 is 0 Å². The van der Waals surface area contributed by atoms with Crippen LogP contribution in [0.2, 0.25) is 0 Å². The lowest BCUT2D eigenvalue weighted by molar-refractivity contribution is 0.0343. The molecule has 2 heterocycles. The van der Waals surface area contributed by atoms with Gasteiger partial charge >= 0.3 is 0 Å².